The first-order valence-corrected chi connectivity index (χ1v) is 12.0. The summed E-state index contributed by atoms with van der Waals surface area (Å²) in [6.07, 6.45) is 5.32. The first-order valence-electron chi connectivity index (χ1n) is 9.73. The fraction of sp³-hybridized carbons (Fsp3) is 0.579. The van der Waals surface area contributed by atoms with Crippen LogP contribution in [0.5, 0.6) is 0 Å². The maximum Gasteiger partial charge on any atom is 0.203 e. The summed E-state index contributed by atoms with van der Waals surface area (Å²) >= 11 is 5.81. The normalized spacial score (nSPS) is 24.6. The Labute approximate surface area is 164 Å². The van der Waals surface area contributed by atoms with Crippen LogP contribution >= 0.6 is 12.2 Å². The van der Waals surface area contributed by atoms with Gasteiger partial charge in [0, 0.05) is 23.7 Å². The number of para-hydroxylation sites is 1. The van der Waals surface area contributed by atoms with Crippen LogP contribution in [-0.2, 0) is 16.5 Å². The maximum absolute atomic E-state index is 12.0. The van der Waals surface area contributed by atoms with Gasteiger partial charge in [0.05, 0.1) is 18.2 Å². The second kappa shape index (κ2) is 6.53. The molecule has 0 N–H and O–H groups in total. The lowest BCUT2D eigenvalue weighted by molar-refractivity contribution is 0.145. The molecule has 1 aliphatic heterocycles. The minimum absolute atomic E-state index is 0.0932. The molecule has 1 atom stereocenters. The molecule has 2 heterocycles. The topological polar surface area (TPSA) is 60.1 Å². The molecule has 3 fully saturated rings. The predicted octanol–water partition coefficient (Wildman–Crippen LogP) is 2.89. The number of rotatable bonds is 6. The number of hydrogen-bond donors (Lipinski definition) is 0. The van der Waals surface area contributed by atoms with Crippen LogP contribution in [0.25, 0.3) is 5.69 Å². The van der Waals surface area contributed by atoms with Crippen LogP contribution in [0.15, 0.2) is 30.3 Å². The fourth-order valence-electron chi connectivity index (χ4n) is 4.07. The minimum atomic E-state index is -2.90. The van der Waals surface area contributed by atoms with Gasteiger partial charge in [-0.25, -0.2) is 13.1 Å². The highest BCUT2D eigenvalue weighted by molar-refractivity contribution is 7.91. The van der Waals surface area contributed by atoms with Crippen molar-refractivity contribution in [2.45, 2.75) is 56.8 Å². The van der Waals surface area contributed by atoms with Gasteiger partial charge in [-0.3, -0.25) is 9.47 Å². The summed E-state index contributed by atoms with van der Waals surface area (Å²) in [6.45, 7) is 0.587. The zero-order valence-corrected chi connectivity index (χ0v) is 16.8. The SMILES string of the molecule is O=S1(=O)CCC(N(Cn2nc(C3CC3)n(-c3ccccc3)c2=S)C2CC2)C1. The zero-order valence-electron chi connectivity index (χ0n) is 15.2. The van der Waals surface area contributed by atoms with Gasteiger partial charge in [-0.05, 0) is 56.5 Å². The van der Waals surface area contributed by atoms with Crippen molar-refractivity contribution >= 4 is 22.1 Å². The van der Waals surface area contributed by atoms with E-state index in [1.54, 1.807) is 0 Å². The second-order valence-corrected chi connectivity index (χ2v) is 10.6. The second-order valence-electron chi connectivity index (χ2n) is 8.03. The Kier molecular flexibility index (Phi) is 4.25. The minimum Gasteiger partial charge on any atom is -0.277 e. The first-order chi connectivity index (χ1) is 13.0. The molecule has 2 saturated carbocycles. The van der Waals surface area contributed by atoms with Gasteiger partial charge in [0.15, 0.2) is 9.84 Å². The molecule has 0 radical (unpaired) electrons. The highest BCUT2D eigenvalue weighted by Gasteiger charge is 2.40. The molecular formula is C19H24N4O2S2. The highest BCUT2D eigenvalue weighted by atomic mass is 32.2. The molecular weight excluding hydrogens is 380 g/mol. The smallest absolute Gasteiger partial charge is 0.203 e. The van der Waals surface area contributed by atoms with Gasteiger partial charge in [0.1, 0.15) is 5.82 Å². The molecule has 144 valence electrons. The van der Waals surface area contributed by atoms with E-state index in [9.17, 15) is 8.42 Å². The Morgan fingerprint density at radius 1 is 1.07 bits per heavy atom. The van der Waals surface area contributed by atoms with Gasteiger partial charge < -0.3 is 0 Å². The van der Waals surface area contributed by atoms with Crippen LogP contribution in [-0.4, -0.2) is 51.3 Å². The summed E-state index contributed by atoms with van der Waals surface area (Å²) in [7, 11) is -2.90. The van der Waals surface area contributed by atoms with E-state index in [2.05, 4.69) is 21.6 Å². The molecule has 0 bridgehead atoms. The molecule has 8 heteroatoms. The molecule has 0 spiro atoms. The quantitative estimate of drug-likeness (QED) is 0.693. The molecule has 2 aliphatic carbocycles. The van der Waals surface area contributed by atoms with E-state index < -0.39 is 9.84 Å². The van der Waals surface area contributed by atoms with E-state index in [-0.39, 0.29) is 11.8 Å². The number of nitrogens with zero attached hydrogens (tertiary/aromatic N) is 4. The molecule has 1 aromatic carbocycles. The third-order valence-electron chi connectivity index (χ3n) is 5.81. The van der Waals surface area contributed by atoms with Gasteiger partial charge in [0.25, 0.3) is 0 Å². The predicted molar refractivity (Wildman–Crippen MR) is 106 cm³/mol. The first kappa shape index (κ1) is 17.6. The van der Waals surface area contributed by atoms with Crippen LogP contribution in [0.4, 0.5) is 0 Å². The summed E-state index contributed by atoms with van der Waals surface area (Å²) in [6, 6.07) is 10.7. The molecule has 0 amide bonds. The largest absolute Gasteiger partial charge is 0.277 e. The van der Waals surface area contributed by atoms with Crippen LogP contribution in [0, 0.1) is 4.77 Å². The third-order valence-corrected chi connectivity index (χ3v) is 7.96. The average Bonchev–Trinajstić information content (AvgIpc) is 3.57. The van der Waals surface area contributed by atoms with E-state index >= 15 is 0 Å². The van der Waals surface area contributed by atoms with Crippen molar-refractivity contribution < 1.29 is 8.42 Å². The van der Waals surface area contributed by atoms with Crippen molar-refractivity contribution in [2.24, 2.45) is 0 Å². The summed E-state index contributed by atoms with van der Waals surface area (Å²) < 4.78 is 28.7. The monoisotopic (exact) mass is 404 g/mol. The molecule has 3 aliphatic rings. The van der Waals surface area contributed by atoms with E-state index in [1.165, 1.54) is 0 Å². The molecule has 1 saturated heterocycles. The molecule has 27 heavy (non-hydrogen) atoms. The van der Waals surface area contributed by atoms with Crippen molar-refractivity contribution in [3.8, 4) is 5.69 Å². The van der Waals surface area contributed by atoms with Gasteiger partial charge >= 0.3 is 0 Å². The van der Waals surface area contributed by atoms with Crippen LogP contribution in [0.3, 0.4) is 0 Å². The van der Waals surface area contributed by atoms with Crippen LogP contribution < -0.4 is 0 Å². The highest BCUT2D eigenvalue weighted by Crippen LogP contribution is 2.40. The Balaban J connectivity index is 1.49. The number of sulfone groups is 1. The van der Waals surface area contributed by atoms with Crippen molar-refractivity contribution in [1.82, 2.24) is 19.2 Å². The zero-order chi connectivity index (χ0) is 18.6. The van der Waals surface area contributed by atoms with Crippen molar-refractivity contribution in [1.29, 1.82) is 0 Å². The Morgan fingerprint density at radius 3 is 2.41 bits per heavy atom. The van der Waals surface area contributed by atoms with Crippen molar-refractivity contribution in [3.05, 3.63) is 40.9 Å². The lowest BCUT2D eigenvalue weighted by Gasteiger charge is -2.27. The van der Waals surface area contributed by atoms with E-state index in [0.29, 0.717) is 29.2 Å². The Morgan fingerprint density at radius 2 is 1.81 bits per heavy atom. The molecule has 5 rings (SSSR count). The van der Waals surface area contributed by atoms with E-state index in [1.807, 2.05) is 22.9 Å². The van der Waals surface area contributed by atoms with Crippen molar-refractivity contribution in [2.75, 3.05) is 11.5 Å². The molecule has 1 aromatic heterocycles. The van der Waals surface area contributed by atoms with Gasteiger partial charge in [-0.2, -0.15) is 5.10 Å². The van der Waals surface area contributed by atoms with Gasteiger partial charge in [-0.1, -0.05) is 18.2 Å². The summed E-state index contributed by atoms with van der Waals surface area (Å²) in [4.78, 5) is 2.33. The number of benzene rings is 1. The van der Waals surface area contributed by atoms with Crippen molar-refractivity contribution in [3.63, 3.8) is 0 Å². The summed E-state index contributed by atoms with van der Waals surface area (Å²) in [5, 5.41) is 4.89. The van der Waals surface area contributed by atoms with E-state index in [0.717, 1.165) is 43.6 Å². The number of hydrogen-bond acceptors (Lipinski definition) is 5. The van der Waals surface area contributed by atoms with Gasteiger partial charge in [-0.15, -0.1) is 0 Å². The Bertz CT molecular complexity index is 1000. The lowest BCUT2D eigenvalue weighted by atomic mass is 10.2. The Hall–Kier alpha value is -1.51. The lowest BCUT2D eigenvalue weighted by Crippen LogP contribution is -2.39. The number of aromatic nitrogens is 3. The summed E-state index contributed by atoms with van der Waals surface area (Å²) in [5.74, 6) is 2.10. The average molecular weight is 405 g/mol. The molecule has 1 unspecified atom stereocenters. The fourth-order valence-corrected chi connectivity index (χ4v) is 6.11. The van der Waals surface area contributed by atoms with Crippen LogP contribution in [0.2, 0.25) is 0 Å². The third kappa shape index (κ3) is 3.50. The standard InChI is InChI=1S/C19H24N4O2S2/c24-27(25)11-10-17(12-27)21(15-8-9-15)13-22-19(26)23(16-4-2-1-3-5-16)18(20-22)14-6-7-14/h1-5,14-15,17H,6-13H2. The summed E-state index contributed by atoms with van der Waals surface area (Å²) in [5.41, 5.74) is 1.05. The molecule has 6 nitrogen and oxygen atoms in total. The van der Waals surface area contributed by atoms with Gasteiger partial charge in [0.2, 0.25) is 4.77 Å². The maximum atomic E-state index is 12.0. The van der Waals surface area contributed by atoms with Crippen LogP contribution in [0.1, 0.15) is 43.8 Å². The van der Waals surface area contributed by atoms with E-state index in [4.69, 9.17) is 17.3 Å². The molecule has 2 aromatic rings.